The van der Waals surface area contributed by atoms with E-state index in [1.807, 2.05) is 0 Å². The predicted octanol–water partition coefficient (Wildman–Crippen LogP) is 3.45. The lowest BCUT2D eigenvalue weighted by atomic mass is 10.1. The number of nitrogens with one attached hydrogen (secondary N) is 2. The second-order valence-corrected chi connectivity index (χ2v) is 7.07. The highest BCUT2D eigenvalue weighted by molar-refractivity contribution is 6.05. The third-order valence-electron chi connectivity index (χ3n) is 5.11. The van der Waals surface area contributed by atoms with Crippen LogP contribution in [0.25, 0.3) is 0 Å². The predicted molar refractivity (Wildman–Crippen MR) is 108 cm³/mol. The molecular formula is C22H24N2O5. The van der Waals surface area contributed by atoms with Crippen LogP contribution in [0.2, 0.25) is 0 Å². The number of hydrogen-bond acceptors (Lipinski definition) is 4. The SMILES string of the molecule is COc1cc(C(=O)O)ccc1NC(=O)c1ccc(CNC(=O)C2CCCC2)cc1. The Morgan fingerprint density at radius 2 is 1.69 bits per heavy atom. The number of carboxylic acids is 1. The van der Waals surface area contributed by atoms with Crippen LogP contribution in [0.5, 0.6) is 5.75 Å². The van der Waals surface area contributed by atoms with Gasteiger partial charge in [0.25, 0.3) is 5.91 Å². The van der Waals surface area contributed by atoms with Crippen LogP contribution in [0.4, 0.5) is 5.69 Å². The molecule has 2 aromatic rings. The van der Waals surface area contributed by atoms with Crippen LogP contribution in [0.15, 0.2) is 42.5 Å². The van der Waals surface area contributed by atoms with Crippen molar-refractivity contribution in [3.63, 3.8) is 0 Å². The van der Waals surface area contributed by atoms with Gasteiger partial charge in [-0.25, -0.2) is 4.79 Å². The summed E-state index contributed by atoms with van der Waals surface area (Å²) in [6.45, 7) is 0.432. The number of carboxylic acid groups (broad SMARTS) is 1. The van der Waals surface area contributed by atoms with E-state index in [1.54, 1.807) is 24.3 Å². The normalized spacial score (nSPS) is 13.7. The molecule has 0 aromatic heterocycles. The highest BCUT2D eigenvalue weighted by Gasteiger charge is 2.22. The quantitative estimate of drug-likeness (QED) is 0.665. The standard InChI is InChI=1S/C22H24N2O5/c1-29-19-12-17(22(27)28)10-11-18(19)24-21(26)16-8-6-14(7-9-16)13-23-20(25)15-4-2-3-5-15/h6-12,15H,2-5,13H2,1H3,(H,23,25)(H,24,26)(H,27,28). The van der Waals surface area contributed by atoms with Gasteiger partial charge in [0.2, 0.25) is 5.91 Å². The number of benzene rings is 2. The average Bonchev–Trinajstić information content (AvgIpc) is 3.27. The number of rotatable bonds is 7. The number of hydrogen-bond donors (Lipinski definition) is 3. The van der Waals surface area contributed by atoms with E-state index >= 15 is 0 Å². The van der Waals surface area contributed by atoms with E-state index in [0.29, 0.717) is 17.8 Å². The Morgan fingerprint density at radius 1 is 1.03 bits per heavy atom. The maximum atomic E-state index is 12.5. The van der Waals surface area contributed by atoms with E-state index < -0.39 is 5.97 Å². The molecule has 3 N–H and O–H groups in total. The molecule has 0 heterocycles. The van der Waals surface area contributed by atoms with E-state index in [0.717, 1.165) is 31.2 Å². The van der Waals surface area contributed by atoms with Gasteiger partial charge in [-0.05, 0) is 48.7 Å². The number of amides is 2. The molecule has 152 valence electrons. The molecule has 0 spiro atoms. The molecule has 0 unspecified atom stereocenters. The Bertz CT molecular complexity index is 902. The van der Waals surface area contributed by atoms with Gasteiger partial charge in [-0.2, -0.15) is 0 Å². The maximum absolute atomic E-state index is 12.5. The second-order valence-electron chi connectivity index (χ2n) is 7.07. The lowest BCUT2D eigenvalue weighted by molar-refractivity contribution is -0.124. The van der Waals surface area contributed by atoms with Gasteiger partial charge in [0.1, 0.15) is 5.75 Å². The van der Waals surface area contributed by atoms with Gasteiger partial charge in [0.15, 0.2) is 0 Å². The molecule has 0 saturated heterocycles. The molecule has 1 saturated carbocycles. The first kappa shape index (κ1) is 20.4. The largest absolute Gasteiger partial charge is 0.495 e. The number of aromatic carboxylic acids is 1. The zero-order valence-corrected chi connectivity index (χ0v) is 16.2. The van der Waals surface area contributed by atoms with Crippen LogP contribution in [0, 0.1) is 5.92 Å². The van der Waals surface area contributed by atoms with Crippen LogP contribution in [0.1, 0.15) is 52.0 Å². The van der Waals surface area contributed by atoms with Crippen molar-refractivity contribution in [2.75, 3.05) is 12.4 Å². The molecule has 2 aromatic carbocycles. The Hall–Kier alpha value is -3.35. The first-order valence-electron chi connectivity index (χ1n) is 9.57. The molecule has 29 heavy (non-hydrogen) atoms. The van der Waals surface area contributed by atoms with Gasteiger partial charge in [-0.1, -0.05) is 25.0 Å². The molecule has 0 aliphatic heterocycles. The van der Waals surface area contributed by atoms with Crippen LogP contribution < -0.4 is 15.4 Å². The maximum Gasteiger partial charge on any atom is 0.335 e. The first-order valence-corrected chi connectivity index (χ1v) is 9.57. The number of ether oxygens (including phenoxy) is 1. The van der Waals surface area contributed by atoms with Gasteiger partial charge in [-0.15, -0.1) is 0 Å². The van der Waals surface area contributed by atoms with Gasteiger partial charge in [0, 0.05) is 18.0 Å². The Kier molecular flexibility index (Phi) is 6.49. The van der Waals surface area contributed by atoms with E-state index in [9.17, 15) is 14.4 Å². The number of carbonyl (C=O) groups is 3. The number of anilines is 1. The topological polar surface area (TPSA) is 105 Å². The van der Waals surface area contributed by atoms with Crippen molar-refractivity contribution >= 4 is 23.5 Å². The highest BCUT2D eigenvalue weighted by Crippen LogP contribution is 2.26. The van der Waals surface area contributed by atoms with E-state index in [4.69, 9.17) is 9.84 Å². The summed E-state index contributed by atoms with van der Waals surface area (Å²) >= 11 is 0. The van der Waals surface area contributed by atoms with Crippen LogP contribution in [-0.4, -0.2) is 30.0 Å². The smallest absolute Gasteiger partial charge is 0.335 e. The molecule has 2 amide bonds. The lowest BCUT2D eigenvalue weighted by Crippen LogP contribution is -2.28. The molecule has 1 aliphatic carbocycles. The van der Waals surface area contributed by atoms with E-state index in [-0.39, 0.29) is 29.0 Å². The fourth-order valence-corrected chi connectivity index (χ4v) is 3.42. The van der Waals surface area contributed by atoms with Crippen LogP contribution in [-0.2, 0) is 11.3 Å². The molecule has 0 radical (unpaired) electrons. The number of methoxy groups -OCH3 is 1. The van der Waals surface area contributed by atoms with Crippen molar-refractivity contribution in [1.82, 2.24) is 5.32 Å². The van der Waals surface area contributed by atoms with Crippen LogP contribution in [0.3, 0.4) is 0 Å². The minimum atomic E-state index is -1.07. The summed E-state index contributed by atoms with van der Waals surface area (Å²) in [5.41, 5.74) is 1.82. The lowest BCUT2D eigenvalue weighted by Gasteiger charge is -2.12. The molecule has 3 rings (SSSR count). The third kappa shape index (κ3) is 5.13. The van der Waals surface area contributed by atoms with E-state index in [1.165, 1.54) is 25.3 Å². The monoisotopic (exact) mass is 396 g/mol. The van der Waals surface area contributed by atoms with Crippen molar-refractivity contribution in [3.8, 4) is 5.75 Å². The second kappa shape index (κ2) is 9.23. The average molecular weight is 396 g/mol. The summed E-state index contributed by atoms with van der Waals surface area (Å²) in [4.78, 5) is 35.7. The van der Waals surface area contributed by atoms with Crippen LogP contribution >= 0.6 is 0 Å². The zero-order valence-electron chi connectivity index (χ0n) is 16.2. The third-order valence-corrected chi connectivity index (χ3v) is 5.11. The molecule has 7 heteroatoms. The Labute approximate surface area is 169 Å². The Balaban J connectivity index is 1.60. The van der Waals surface area contributed by atoms with Crippen molar-refractivity contribution in [2.24, 2.45) is 5.92 Å². The molecule has 1 aliphatic rings. The molecular weight excluding hydrogens is 372 g/mol. The summed E-state index contributed by atoms with van der Waals surface area (Å²) in [5.74, 6) is -0.919. The summed E-state index contributed by atoms with van der Waals surface area (Å²) in [6.07, 6.45) is 4.15. The van der Waals surface area contributed by atoms with Gasteiger partial charge in [0.05, 0.1) is 18.4 Å². The molecule has 7 nitrogen and oxygen atoms in total. The fraction of sp³-hybridized carbons (Fsp3) is 0.318. The first-order chi connectivity index (χ1) is 14.0. The summed E-state index contributed by atoms with van der Waals surface area (Å²) < 4.78 is 5.17. The molecule has 0 atom stereocenters. The van der Waals surface area contributed by atoms with Crippen molar-refractivity contribution < 1.29 is 24.2 Å². The van der Waals surface area contributed by atoms with Gasteiger partial charge < -0.3 is 20.5 Å². The summed E-state index contributed by atoms with van der Waals surface area (Å²) in [6, 6.07) is 11.2. The van der Waals surface area contributed by atoms with Crippen molar-refractivity contribution in [3.05, 3.63) is 59.2 Å². The van der Waals surface area contributed by atoms with Crippen molar-refractivity contribution in [2.45, 2.75) is 32.2 Å². The van der Waals surface area contributed by atoms with Gasteiger partial charge >= 0.3 is 5.97 Å². The van der Waals surface area contributed by atoms with E-state index in [2.05, 4.69) is 10.6 Å². The van der Waals surface area contributed by atoms with Gasteiger partial charge in [-0.3, -0.25) is 9.59 Å². The molecule has 0 bridgehead atoms. The molecule has 1 fully saturated rings. The minimum absolute atomic E-state index is 0.0730. The van der Waals surface area contributed by atoms with Crippen molar-refractivity contribution in [1.29, 1.82) is 0 Å². The number of carbonyl (C=O) groups excluding carboxylic acids is 2. The fourth-order valence-electron chi connectivity index (χ4n) is 3.42. The Morgan fingerprint density at radius 3 is 2.31 bits per heavy atom. The minimum Gasteiger partial charge on any atom is -0.495 e. The zero-order chi connectivity index (χ0) is 20.8. The highest BCUT2D eigenvalue weighted by atomic mass is 16.5. The summed E-state index contributed by atoms with van der Waals surface area (Å²) in [5, 5.41) is 14.7. The summed E-state index contributed by atoms with van der Waals surface area (Å²) in [7, 11) is 1.41.